The maximum absolute atomic E-state index is 13.5. The molecule has 0 bridgehead atoms. The number of aromatic nitrogens is 1. The number of phenolic OH excluding ortho intramolecular Hbond substituents is 1. The lowest BCUT2D eigenvalue weighted by Gasteiger charge is -2.30. The van der Waals surface area contributed by atoms with Gasteiger partial charge in [0.2, 0.25) is 0 Å². The molecule has 0 radical (unpaired) electrons. The van der Waals surface area contributed by atoms with Crippen LogP contribution in [0.4, 0.5) is 5.69 Å². The highest BCUT2D eigenvalue weighted by molar-refractivity contribution is 6.00. The normalized spacial score (nSPS) is 14.2. The first-order valence-corrected chi connectivity index (χ1v) is 14.1. The van der Waals surface area contributed by atoms with Gasteiger partial charge in [-0.3, -0.25) is 24.7 Å². The Bertz CT molecular complexity index is 1720. The van der Waals surface area contributed by atoms with Crippen LogP contribution in [0.5, 0.6) is 5.75 Å². The highest BCUT2D eigenvalue weighted by Crippen LogP contribution is 2.40. The molecule has 4 N–H and O–H groups in total. The SMILES string of the molecule is CC1=C(C(=O)OCCNC(=O)c2cccnc2)[C@@H](c2cccc([N+](=O)[O-])c2)C(C(=O)OCCNC(=O)c2ccccc2O)=C(C)N1. The molecule has 14 nitrogen and oxygen atoms in total. The van der Waals surface area contributed by atoms with Crippen LogP contribution in [0.3, 0.4) is 0 Å². The molecule has 1 aromatic heterocycles. The Morgan fingerprint density at radius 2 is 1.52 bits per heavy atom. The largest absolute Gasteiger partial charge is 0.507 e. The van der Waals surface area contributed by atoms with Crippen molar-refractivity contribution in [2.45, 2.75) is 19.8 Å². The molecular weight excluding hydrogens is 598 g/mol. The van der Waals surface area contributed by atoms with Crippen LogP contribution in [-0.4, -0.2) is 65.1 Å². The fourth-order valence-corrected chi connectivity index (χ4v) is 4.82. The summed E-state index contributed by atoms with van der Waals surface area (Å²) in [4.78, 5) is 66.5. The number of benzene rings is 2. The minimum absolute atomic E-state index is 0.00922. The molecule has 3 aromatic rings. The van der Waals surface area contributed by atoms with Gasteiger partial charge < -0.3 is 30.5 Å². The molecule has 2 amide bonds. The van der Waals surface area contributed by atoms with Crippen LogP contribution in [-0.2, 0) is 19.1 Å². The van der Waals surface area contributed by atoms with Gasteiger partial charge in [0.1, 0.15) is 19.0 Å². The Morgan fingerprint density at radius 1 is 0.891 bits per heavy atom. The molecule has 0 fully saturated rings. The second-order valence-electron chi connectivity index (χ2n) is 10.0. The number of ether oxygens (including phenoxy) is 2. The fourth-order valence-electron chi connectivity index (χ4n) is 4.82. The second-order valence-corrected chi connectivity index (χ2v) is 10.0. The Morgan fingerprint density at radius 3 is 2.11 bits per heavy atom. The van der Waals surface area contributed by atoms with E-state index in [0.717, 1.165) is 0 Å². The van der Waals surface area contributed by atoms with Crippen molar-refractivity contribution in [1.82, 2.24) is 20.9 Å². The monoisotopic (exact) mass is 629 g/mol. The van der Waals surface area contributed by atoms with Crippen LogP contribution in [0.2, 0.25) is 0 Å². The van der Waals surface area contributed by atoms with E-state index in [1.165, 1.54) is 42.7 Å². The number of phenols is 1. The summed E-state index contributed by atoms with van der Waals surface area (Å²) in [5.74, 6) is -3.94. The van der Waals surface area contributed by atoms with Crippen molar-refractivity contribution >= 4 is 29.4 Å². The summed E-state index contributed by atoms with van der Waals surface area (Å²) in [5.41, 5.74) is 1.12. The predicted molar refractivity (Wildman–Crippen MR) is 163 cm³/mol. The van der Waals surface area contributed by atoms with Crippen LogP contribution in [0.15, 0.2) is 95.6 Å². The van der Waals surface area contributed by atoms with E-state index in [1.54, 1.807) is 44.2 Å². The topological polar surface area (TPSA) is 199 Å². The average molecular weight is 630 g/mol. The van der Waals surface area contributed by atoms with E-state index in [9.17, 15) is 34.4 Å². The number of dihydropyridines is 1. The van der Waals surface area contributed by atoms with Crippen molar-refractivity contribution in [2.24, 2.45) is 0 Å². The van der Waals surface area contributed by atoms with Gasteiger partial charge in [-0.15, -0.1) is 0 Å². The van der Waals surface area contributed by atoms with E-state index in [4.69, 9.17) is 9.47 Å². The van der Waals surface area contributed by atoms with Gasteiger partial charge in [0, 0.05) is 35.9 Å². The zero-order valence-corrected chi connectivity index (χ0v) is 24.9. The van der Waals surface area contributed by atoms with Crippen molar-refractivity contribution in [2.75, 3.05) is 26.3 Å². The first kappa shape index (κ1) is 32.9. The van der Waals surface area contributed by atoms with Crippen molar-refractivity contribution in [1.29, 1.82) is 0 Å². The number of nitro groups is 1. The van der Waals surface area contributed by atoms with Crippen LogP contribution < -0.4 is 16.0 Å². The lowest BCUT2D eigenvalue weighted by Crippen LogP contribution is -2.34. The van der Waals surface area contributed by atoms with Crippen molar-refractivity contribution in [3.8, 4) is 5.75 Å². The molecule has 1 aliphatic heterocycles. The zero-order valence-electron chi connectivity index (χ0n) is 24.9. The van der Waals surface area contributed by atoms with Crippen LogP contribution in [0, 0.1) is 10.1 Å². The molecular formula is C32H31N5O9. The predicted octanol–water partition coefficient (Wildman–Crippen LogP) is 2.88. The molecule has 14 heteroatoms. The Labute approximate surface area is 263 Å². The lowest BCUT2D eigenvalue weighted by molar-refractivity contribution is -0.384. The average Bonchev–Trinajstić information content (AvgIpc) is 3.05. The first-order chi connectivity index (χ1) is 22.1. The number of hydrogen-bond acceptors (Lipinski definition) is 11. The van der Waals surface area contributed by atoms with Crippen LogP contribution in [0.1, 0.15) is 46.0 Å². The van der Waals surface area contributed by atoms with Gasteiger partial charge in [-0.2, -0.15) is 0 Å². The van der Waals surface area contributed by atoms with Gasteiger partial charge in [-0.1, -0.05) is 24.3 Å². The summed E-state index contributed by atoms with van der Waals surface area (Å²) in [6.45, 7) is 2.63. The molecule has 46 heavy (non-hydrogen) atoms. The van der Waals surface area contributed by atoms with E-state index >= 15 is 0 Å². The summed E-state index contributed by atoms with van der Waals surface area (Å²) in [6.07, 6.45) is 2.92. The number of carbonyl (C=O) groups excluding carboxylic acids is 4. The Hall–Kier alpha value is -6.05. The molecule has 238 valence electrons. The summed E-state index contributed by atoms with van der Waals surface area (Å²) in [5, 5.41) is 29.6. The number of nitro benzene ring substituents is 1. The zero-order chi connectivity index (χ0) is 33.2. The highest BCUT2D eigenvalue weighted by atomic mass is 16.6. The smallest absolute Gasteiger partial charge is 0.336 e. The molecule has 4 rings (SSSR count). The van der Waals surface area contributed by atoms with Gasteiger partial charge in [-0.05, 0) is 43.7 Å². The van der Waals surface area contributed by atoms with E-state index in [-0.39, 0.29) is 60.0 Å². The molecule has 1 aliphatic rings. The minimum Gasteiger partial charge on any atom is -0.507 e. The van der Waals surface area contributed by atoms with E-state index in [0.29, 0.717) is 17.0 Å². The number of nitrogens with zero attached hydrogens (tertiary/aromatic N) is 2. The molecule has 0 saturated heterocycles. The van der Waals surface area contributed by atoms with Gasteiger partial charge in [0.05, 0.1) is 46.2 Å². The van der Waals surface area contributed by atoms with Crippen LogP contribution >= 0.6 is 0 Å². The highest BCUT2D eigenvalue weighted by Gasteiger charge is 2.38. The number of aromatic hydroxyl groups is 1. The quantitative estimate of drug-likeness (QED) is 0.0994. The number of rotatable bonds is 12. The number of para-hydroxylation sites is 1. The summed E-state index contributed by atoms with van der Waals surface area (Å²) in [7, 11) is 0. The second kappa shape index (κ2) is 15.1. The van der Waals surface area contributed by atoms with Crippen molar-refractivity contribution in [3.05, 3.63) is 122 Å². The molecule has 1 atom stereocenters. The third-order valence-electron chi connectivity index (χ3n) is 6.93. The number of nitrogens with one attached hydrogen (secondary N) is 3. The molecule has 0 saturated carbocycles. The summed E-state index contributed by atoms with van der Waals surface area (Å²) < 4.78 is 10.9. The number of non-ortho nitro benzene ring substituents is 1. The number of hydrogen-bond donors (Lipinski definition) is 4. The fraction of sp³-hybridized carbons (Fsp3) is 0.219. The minimum atomic E-state index is -1.11. The van der Waals surface area contributed by atoms with Gasteiger partial charge >= 0.3 is 11.9 Å². The number of allylic oxidation sites excluding steroid dienone is 2. The number of carbonyl (C=O) groups is 4. The van der Waals surface area contributed by atoms with E-state index < -0.39 is 34.6 Å². The standard InChI is InChI=1S/C32H31N5O9/c1-19-26(31(41)45-15-13-34-29(39)22-8-6-12-33-18-22)28(21-7-5-9-23(17-21)37(43)44)27(20(2)36-19)32(42)46-16-14-35-30(40)24-10-3-4-11-25(24)38/h3-12,17-18,28,36,38H,13-16H2,1-2H3,(H,34,39)(H,35,40)/t28-/m1/s1. The molecule has 0 aliphatic carbocycles. The lowest BCUT2D eigenvalue weighted by atomic mass is 9.80. The van der Waals surface area contributed by atoms with Gasteiger partial charge in [0.15, 0.2) is 0 Å². The number of amides is 2. The van der Waals surface area contributed by atoms with Crippen molar-refractivity contribution < 1.29 is 38.7 Å². The van der Waals surface area contributed by atoms with Gasteiger partial charge in [0.25, 0.3) is 17.5 Å². The first-order valence-electron chi connectivity index (χ1n) is 14.1. The maximum Gasteiger partial charge on any atom is 0.336 e. The van der Waals surface area contributed by atoms with E-state index in [1.807, 2.05) is 0 Å². The van der Waals surface area contributed by atoms with Crippen molar-refractivity contribution in [3.63, 3.8) is 0 Å². The molecule has 0 spiro atoms. The molecule has 2 heterocycles. The third-order valence-corrected chi connectivity index (χ3v) is 6.93. The molecule has 2 aromatic carbocycles. The van der Waals surface area contributed by atoms with Gasteiger partial charge in [-0.25, -0.2) is 9.59 Å². The Kier molecular flexibility index (Phi) is 10.8. The summed E-state index contributed by atoms with van der Waals surface area (Å²) >= 11 is 0. The maximum atomic E-state index is 13.5. The number of esters is 2. The molecule has 0 unspecified atom stereocenters. The summed E-state index contributed by atoms with van der Waals surface area (Å²) in [6, 6.07) is 14.7. The number of pyridine rings is 1. The van der Waals surface area contributed by atoms with Crippen LogP contribution in [0.25, 0.3) is 0 Å². The third kappa shape index (κ3) is 7.91. The Balaban J connectivity index is 1.50. The van der Waals surface area contributed by atoms with E-state index in [2.05, 4.69) is 20.9 Å².